The molecule has 1 unspecified atom stereocenters. The van der Waals surface area contributed by atoms with E-state index in [1.807, 2.05) is 25.1 Å². The second-order valence-corrected chi connectivity index (χ2v) is 5.96. The summed E-state index contributed by atoms with van der Waals surface area (Å²) < 4.78 is 14.7. The molecule has 110 valence electrons. The molecule has 0 aliphatic rings. The van der Waals surface area contributed by atoms with E-state index in [-0.39, 0.29) is 5.56 Å². The topological polar surface area (TPSA) is 49.3 Å². The molecule has 0 fully saturated rings. The molecule has 0 bridgehead atoms. The molecule has 21 heavy (non-hydrogen) atoms. The molecule has 2 aromatic rings. The van der Waals surface area contributed by atoms with Gasteiger partial charge in [-0.25, -0.2) is 9.18 Å². The van der Waals surface area contributed by atoms with Crippen molar-refractivity contribution in [3.05, 3.63) is 63.9 Å². The highest BCUT2D eigenvalue weighted by Crippen LogP contribution is 2.30. The summed E-state index contributed by atoms with van der Waals surface area (Å²) in [6.07, 6.45) is 0. The summed E-state index contributed by atoms with van der Waals surface area (Å²) in [5.41, 5.74) is 0.143. The molecule has 5 heteroatoms. The van der Waals surface area contributed by atoms with E-state index in [2.05, 4.69) is 21.2 Å². The summed E-state index contributed by atoms with van der Waals surface area (Å²) in [5, 5.41) is 12.5. The molecule has 3 nitrogen and oxygen atoms in total. The van der Waals surface area contributed by atoms with Gasteiger partial charge in [0, 0.05) is 15.7 Å². The number of nitrogens with one attached hydrogen (secondary N) is 1. The lowest BCUT2D eigenvalue weighted by molar-refractivity contribution is -0.142. The summed E-state index contributed by atoms with van der Waals surface area (Å²) in [6.45, 7) is 3.35. The maximum Gasteiger partial charge on any atom is 0.333 e. The number of hydrogen-bond donors (Lipinski definition) is 2. The lowest BCUT2D eigenvalue weighted by atomic mass is 9.91. The van der Waals surface area contributed by atoms with Crippen molar-refractivity contribution >= 4 is 27.6 Å². The highest BCUT2D eigenvalue weighted by Gasteiger charge is 2.37. The van der Waals surface area contributed by atoms with Crippen LogP contribution in [0.2, 0.25) is 0 Å². The first-order valence-corrected chi connectivity index (χ1v) is 7.16. The van der Waals surface area contributed by atoms with Crippen LogP contribution >= 0.6 is 15.9 Å². The van der Waals surface area contributed by atoms with E-state index in [1.165, 1.54) is 19.1 Å². The van der Waals surface area contributed by atoms with Crippen LogP contribution in [-0.4, -0.2) is 11.1 Å². The lowest BCUT2D eigenvalue weighted by Gasteiger charge is -2.28. The molecular weight excluding hydrogens is 337 g/mol. The minimum atomic E-state index is -1.56. The van der Waals surface area contributed by atoms with E-state index in [0.29, 0.717) is 10.2 Å². The standard InChI is InChI=1S/C16H15BrFNO2/c1-10-4-3-5-12(8-10)19-16(2,15(20)21)13-7-6-11(17)9-14(13)18/h3-9,19H,1-2H3,(H,20,21). The van der Waals surface area contributed by atoms with E-state index in [1.54, 1.807) is 12.1 Å². The third-order valence-corrected chi connectivity index (χ3v) is 3.80. The van der Waals surface area contributed by atoms with E-state index >= 15 is 0 Å². The molecule has 0 aliphatic heterocycles. The number of halogens is 2. The summed E-state index contributed by atoms with van der Waals surface area (Å²) in [5.74, 6) is -1.72. The fourth-order valence-electron chi connectivity index (χ4n) is 2.14. The Kier molecular flexibility index (Phi) is 4.32. The van der Waals surface area contributed by atoms with Gasteiger partial charge in [0.25, 0.3) is 0 Å². The van der Waals surface area contributed by atoms with Gasteiger partial charge in [-0.3, -0.25) is 0 Å². The molecule has 0 heterocycles. The van der Waals surface area contributed by atoms with Crippen LogP contribution in [0.15, 0.2) is 46.9 Å². The number of rotatable bonds is 4. The average Bonchev–Trinajstić information content (AvgIpc) is 2.38. The van der Waals surface area contributed by atoms with Crippen LogP contribution in [0.4, 0.5) is 10.1 Å². The average molecular weight is 352 g/mol. The number of carbonyl (C=O) groups is 1. The van der Waals surface area contributed by atoms with Crippen LogP contribution in [0.5, 0.6) is 0 Å². The summed E-state index contributed by atoms with van der Waals surface area (Å²) in [4.78, 5) is 11.7. The number of benzene rings is 2. The fraction of sp³-hybridized carbons (Fsp3) is 0.188. The lowest BCUT2D eigenvalue weighted by Crippen LogP contribution is -2.41. The Bertz CT molecular complexity index is 690. The Morgan fingerprint density at radius 2 is 2.00 bits per heavy atom. The Labute approximate surface area is 130 Å². The van der Waals surface area contributed by atoms with E-state index in [9.17, 15) is 14.3 Å². The van der Waals surface area contributed by atoms with E-state index in [0.717, 1.165) is 5.56 Å². The quantitative estimate of drug-likeness (QED) is 0.862. The SMILES string of the molecule is Cc1cccc(NC(C)(C(=O)O)c2ccc(Br)cc2F)c1. The number of hydrogen-bond acceptors (Lipinski definition) is 2. The monoisotopic (exact) mass is 351 g/mol. The molecule has 0 saturated heterocycles. The molecule has 0 aliphatic carbocycles. The van der Waals surface area contributed by atoms with Crippen LogP contribution in [0.1, 0.15) is 18.1 Å². The van der Waals surface area contributed by atoms with Gasteiger partial charge < -0.3 is 10.4 Å². The van der Waals surface area contributed by atoms with Crippen molar-refractivity contribution in [1.29, 1.82) is 0 Å². The maximum atomic E-state index is 14.2. The predicted molar refractivity (Wildman–Crippen MR) is 83.9 cm³/mol. The van der Waals surface area contributed by atoms with Gasteiger partial charge in [-0.1, -0.05) is 34.1 Å². The zero-order chi connectivity index (χ0) is 15.6. The second kappa shape index (κ2) is 5.85. The molecule has 1 atom stereocenters. The second-order valence-electron chi connectivity index (χ2n) is 5.05. The van der Waals surface area contributed by atoms with Crippen molar-refractivity contribution in [2.75, 3.05) is 5.32 Å². The molecule has 0 spiro atoms. The predicted octanol–water partition coefficient (Wildman–Crippen LogP) is 4.31. The van der Waals surface area contributed by atoms with Gasteiger partial charge in [-0.05, 0) is 43.7 Å². The minimum Gasteiger partial charge on any atom is -0.479 e. The highest BCUT2D eigenvalue weighted by molar-refractivity contribution is 9.10. The molecule has 0 aromatic heterocycles. The molecule has 2 rings (SSSR count). The minimum absolute atomic E-state index is 0.0831. The number of aryl methyl sites for hydroxylation is 1. The van der Waals surface area contributed by atoms with Crippen molar-refractivity contribution in [2.24, 2.45) is 0 Å². The highest BCUT2D eigenvalue weighted by atomic mass is 79.9. The van der Waals surface area contributed by atoms with Crippen molar-refractivity contribution in [3.63, 3.8) is 0 Å². The van der Waals surface area contributed by atoms with Crippen molar-refractivity contribution in [3.8, 4) is 0 Å². The normalized spacial score (nSPS) is 13.5. The van der Waals surface area contributed by atoms with Crippen LogP contribution < -0.4 is 5.32 Å². The zero-order valence-corrected chi connectivity index (χ0v) is 13.2. The Morgan fingerprint density at radius 3 is 2.57 bits per heavy atom. The van der Waals surface area contributed by atoms with Gasteiger partial charge in [0.1, 0.15) is 5.82 Å². The van der Waals surface area contributed by atoms with Gasteiger partial charge in [0.05, 0.1) is 0 Å². The van der Waals surface area contributed by atoms with Crippen molar-refractivity contribution < 1.29 is 14.3 Å². The Hall–Kier alpha value is -1.88. The van der Waals surface area contributed by atoms with Gasteiger partial charge >= 0.3 is 5.97 Å². The number of carboxylic acids is 1. The first-order chi connectivity index (χ1) is 9.83. The fourth-order valence-corrected chi connectivity index (χ4v) is 2.48. The van der Waals surface area contributed by atoms with Gasteiger partial charge in [0.2, 0.25) is 0 Å². The maximum absolute atomic E-state index is 14.2. The molecule has 0 amide bonds. The number of aliphatic carboxylic acids is 1. The first-order valence-electron chi connectivity index (χ1n) is 6.37. The summed E-state index contributed by atoms with van der Waals surface area (Å²) >= 11 is 3.17. The van der Waals surface area contributed by atoms with Crippen LogP contribution in [0.25, 0.3) is 0 Å². The summed E-state index contributed by atoms with van der Waals surface area (Å²) in [6, 6.07) is 11.6. The largest absolute Gasteiger partial charge is 0.479 e. The van der Waals surface area contributed by atoms with E-state index in [4.69, 9.17) is 0 Å². The van der Waals surface area contributed by atoms with Crippen molar-refractivity contribution in [2.45, 2.75) is 19.4 Å². The zero-order valence-electron chi connectivity index (χ0n) is 11.7. The van der Waals surface area contributed by atoms with Crippen LogP contribution in [0.3, 0.4) is 0 Å². The Balaban J connectivity index is 2.48. The molecular formula is C16H15BrFNO2. The van der Waals surface area contributed by atoms with Crippen LogP contribution in [0, 0.1) is 12.7 Å². The molecule has 0 radical (unpaired) electrons. The van der Waals surface area contributed by atoms with Gasteiger partial charge in [-0.15, -0.1) is 0 Å². The molecule has 2 N–H and O–H groups in total. The molecule has 0 saturated carbocycles. The number of carboxylic acid groups (broad SMARTS) is 1. The smallest absolute Gasteiger partial charge is 0.333 e. The summed E-state index contributed by atoms with van der Waals surface area (Å²) in [7, 11) is 0. The third-order valence-electron chi connectivity index (χ3n) is 3.31. The molecule has 2 aromatic carbocycles. The number of anilines is 1. The first kappa shape index (κ1) is 15.5. The van der Waals surface area contributed by atoms with Crippen LogP contribution in [-0.2, 0) is 10.3 Å². The van der Waals surface area contributed by atoms with Crippen molar-refractivity contribution in [1.82, 2.24) is 0 Å². The van der Waals surface area contributed by atoms with E-state index < -0.39 is 17.3 Å². The Morgan fingerprint density at radius 1 is 1.29 bits per heavy atom. The van der Waals surface area contributed by atoms with Gasteiger partial charge in [0.15, 0.2) is 5.54 Å². The van der Waals surface area contributed by atoms with Gasteiger partial charge in [-0.2, -0.15) is 0 Å². The third kappa shape index (κ3) is 3.24.